The van der Waals surface area contributed by atoms with Gasteiger partial charge in [0, 0.05) is 12.6 Å². The molecule has 29 heavy (non-hydrogen) atoms. The van der Waals surface area contributed by atoms with E-state index in [9.17, 15) is 26.8 Å². The summed E-state index contributed by atoms with van der Waals surface area (Å²) in [7, 11) is -3.86. The average Bonchev–Trinajstić information content (AvgIpc) is 2.70. The number of carbonyl (C=O) groups is 2. The molecule has 1 aliphatic rings. The van der Waals surface area contributed by atoms with Gasteiger partial charge in [0.15, 0.2) is 15.1 Å². The minimum Gasteiger partial charge on any atom is -0.331 e. The molecule has 0 aromatic heterocycles. The summed E-state index contributed by atoms with van der Waals surface area (Å²) in [5, 5.41) is 6.31. The zero-order valence-corrected chi connectivity index (χ0v) is 16.5. The Kier molecular flexibility index (Phi) is 6.50. The van der Waals surface area contributed by atoms with Gasteiger partial charge in [0.2, 0.25) is 11.8 Å². The Morgan fingerprint density at radius 2 is 1.90 bits per heavy atom. The Hall–Kier alpha value is -2.50. The fourth-order valence-electron chi connectivity index (χ4n) is 2.64. The number of hydrogen-bond donors (Lipinski definition) is 3. The lowest BCUT2D eigenvalue weighted by atomic mass is 10.3. The van der Waals surface area contributed by atoms with Gasteiger partial charge in [-0.1, -0.05) is 18.2 Å². The first-order valence-corrected chi connectivity index (χ1v) is 11.1. The number of carbonyl (C=O) groups excluding carboxylic acids is 2. The van der Waals surface area contributed by atoms with Crippen LogP contribution in [0.1, 0.15) is 0 Å². The quantitative estimate of drug-likeness (QED) is 0.627. The third-order valence-corrected chi connectivity index (χ3v) is 7.19. The van der Waals surface area contributed by atoms with E-state index < -0.39 is 44.0 Å². The van der Waals surface area contributed by atoms with Crippen LogP contribution in [-0.2, 0) is 19.4 Å². The summed E-state index contributed by atoms with van der Waals surface area (Å²) in [6, 6.07) is 10.3. The fourth-order valence-corrected chi connectivity index (χ4v) is 4.98. The average molecular weight is 441 g/mol. The lowest BCUT2D eigenvalue weighted by molar-refractivity contribution is -0.122. The Labute approximate surface area is 170 Å². The van der Waals surface area contributed by atoms with Crippen molar-refractivity contribution in [2.24, 2.45) is 0 Å². The molecule has 0 aliphatic carbocycles. The number of benzene rings is 2. The SMILES string of the molecule is O=C(CSC1NCC(S(=O)(=O)c2ccccc2)C(=O)N1)Nc1cc(F)ccc1F. The van der Waals surface area contributed by atoms with Crippen LogP contribution >= 0.6 is 11.8 Å². The molecule has 2 aromatic carbocycles. The summed E-state index contributed by atoms with van der Waals surface area (Å²) >= 11 is 0.981. The molecule has 154 valence electrons. The normalized spacial score (nSPS) is 19.4. The molecule has 1 fully saturated rings. The number of amides is 2. The topological polar surface area (TPSA) is 104 Å². The van der Waals surface area contributed by atoms with Crippen molar-refractivity contribution in [3.05, 3.63) is 60.2 Å². The van der Waals surface area contributed by atoms with Crippen LogP contribution in [-0.4, -0.2) is 43.3 Å². The molecular weight excluding hydrogens is 424 g/mol. The Morgan fingerprint density at radius 1 is 1.17 bits per heavy atom. The van der Waals surface area contributed by atoms with E-state index >= 15 is 0 Å². The van der Waals surface area contributed by atoms with Gasteiger partial charge in [-0.3, -0.25) is 14.9 Å². The van der Waals surface area contributed by atoms with Crippen molar-refractivity contribution >= 4 is 39.1 Å². The smallest absolute Gasteiger partial charge is 0.241 e. The van der Waals surface area contributed by atoms with Crippen LogP contribution in [0.5, 0.6) is 0 Å². The first-order valence-electron chi connectivity index (χ1n) is 8.46. The van der Waals surface area contributed by atoms with Crippen LogP contribution in [0.25, 0.3) is 0 Å². The molecule has 2 amide bonds. The van der Waals surface area contributed by atoms with Crippen LogP contribution in [0.4, 0.5) is 14.5 Å². The van der Waals surface area contributed by atoms with Crippen molar-refractivity contribution in [1.29, 1.82) is 0 Å². The predicted octanol–water partition coefficient (Wildman–Crippen LogP) is 1.48. The second-order valence-electron chi connectivity index (χ2n) is 6.13. The monoisotopic (exact) mass is 441 g/mol. The summed E-state index contributed by atoms with van der Waals surface area (Å²) < 4.78 is 51.9. The summed E-state index contributed by atoms with van der Waals surface area (Å²) in [5.41, 5.74) is -0.988. The van der Waals surface area contributed by atoms with E-state index in [-0.39, 0.29) is 22.9 Å². The van der Waals surface area contributed by atoms with Crippen LogP contribution in [0, 0.1) is 11.6 Å². The maximum atomic E-state index is 13.6. The molecule has 0 bridgehead atoms. The van der Waals surface area contributed by atoms with Crippen LogP contribution in [0.15, 0.2) is 53.4 Å². The van der Waals surface area contributed by atoms with Crippen molar-refractivity contribution in [2.45, 2.75) is 15.6 Å². The Morgan fingerprint density at radius 3 is 2.59 bits per heavy atom. The van der Waals surface area contributed by atoms with Gasteiger partial charge in [0.1, 0.15) is 17.1 Å². The molecule has 1 aliphatic heterocycles. The van der Waals surface area contributed by atoms with Gasteiger partial charge in [0.25, 0.3) is 0 Å². The zero-order chi connectivity index (χ0) is 21.0. The number of halogens is 2. The highest BCUT2D eigenvalue weighted by Crippen LogP contribution is 2.20. The Balaban J connectivity index is 1.54. The van der Waals surface area contributed by atoms with Crippen LogP contribution in [0.3, 0.4) is 0 Å². The molecule has 1 saturated heterocycles. The van der Waals surface area contributed by atoms with Gasteiger partial charge in [-0.25, -0.2) is 17.2 Å². The summed E-state index contributed by atoms with van der Waals surface area (Å²) in [6.07, 6.45) is 0. The summed E-state index contributed by atoms with van der Waals surface area (Å²) in [5.74, 6) is -2.93. The maximum absolute atomic E-state index is 13.6. The van der Waals surface area contributed by atoms with Gasteiger partial charge < -0.3 is 10.6 Å². The fraction of sp³-hybridized carbons (Fsp3) is 0.222. The number of thioether (sulfide) groups is 1. The standard InChI is InChI=1S/C18H17F2N3O4S2/c19-11-6-7-13(20)14(8-11)22-16(24)10-28-18-21-9-15(17(25)23-18)29(26,27)12-4-2-1-3-5-12/h1-8,15,18,21H,9-10H2,(H,22,24)(H,23,25). The highest BCUT2D eigenvalue weighted by molar-refractivity contribution is 8.00. The minimum absolute atomic E-state index is 0.0459. The molecule has 11 heteroatoms. The van der Waals surface area contributed by atoms with Crippen molar-refractivity contribution in [3.63, 3.8) is 0 Å². The maximum Gasteiger partial charge on any atom is 0.241 e. The minimum atomic E-state index is -3.86. The molecule has 0 spiro atoms. The number of nitrogens with one attached hydrogen (secondary N) is 3. The van der Waals surface area contributed by atoms with E-state index in [1.54, 1.807) is 18.2 Å². The molecule has 1 heterocycles. The first kappa shape index (κ1) is 21.2. The molecule has 7 nitrogen and oxygen atoms in total. The van der Waals surface area contributed by atoms with E-state index in [2.05, 4.69) is 16.0 Å². The first-order chi connectivity index (χ1) is 13.8. The van der Waals surface area contributed by atoms with E-state index in [0.29, 0.717) is 0 Å². The zero-order valence-electron chi connectivity index (χ0n) is 14.9. The van der Waals surface area contributed by atoms with Gasteiger partial charge >= 0.3 is 0 Å². The summed E-state index contributed by atoms with van der Waals surface area (Å²) in [4.78, 5) is 24.3. The van der Waals surface area contributed by atoms with Crippen molar-refractivity contribution in [1.82, 2.24) is 10.6 Å². The third-order valence-electron chi connectivity index (χ3n) is 4.08. The predicted molar refractivity (Wildman–Crippen MR) is 105 cm³/mol. The molecule has 3 rings (SSSR count). The van der Waals surface area contributed by atoms with Gasteiger partial charge in [-0.05, 0) is 24.3 Å². The van der Waals surface area contributed by atoms with E-state index in [1.165, 1.54) is 12.1 Å². The second-order valence-corrected chi connectivity index (χ2v) is 9.35. The van der Waals surface area contributed by atoms with Crippen LogP contribution in [0.2, 0.25) is 0 Å². The van der Waals surface area contributed by atoms with Crippen molar-refractivity contribution in [3.8, 4) is 0 Å². The lowest BCUT2D eigenvalue weighted by Gasteiger charge is -2.29. The molecule has 2 unspecified atom stereocenters. The van der Waals surface area contributed by atoms with E-state index in [0.717, 1.165) is 30.0 Å². The lowest BCUT2D eigenvalue weighted by Crippen LogP contribution is -2.59. The molecule has 0 radical (unpaired) electrons. The van der Waals surface area contributed by atoms with E-state index in [4.69, 9.17) is 0 Å². The highest BCUT2D eigenvalue weighted by Gasteiger charge is 2.38. The molecule has 3 N–H and O–H groups in total. The van der Waals surface area contributed by atoms with Crippen molar-refractivity contribution in [2.75, 3.05) is 17.6 Å². The van der Waals surface area contributed by atoms with Gasteiger partial charge in [-0.2, -0.15) is 0 Å². The second kappa shape index (κ2) is 8.89. The van der Waals surface area contributed by atoms with Gasteiger partial charge in [0.05, 0.1) is 16.3 Å². The molecule has 0 saturated carbocycles. The van der Waals surface area contributed by atoms with Crippen molar-refractivity contribution < 1.29 is 26.8 Å². The molecule has 2 atom stereocenters. The number of anilines is 1. The highest BCUT2D eigenvalue weighted by atomic mass is 32.2. The molecule has 2 aromatic rings. The third kappa shape index (κ3) is 5.11. The van der Waals surface area contributed by atoms with Crippen LogP contribution < -0.4 is 16.0 Å². The van der Waals surface area contributed by atoms with E-state index in [1.807, 2.05) is 0 Å². The van der Waals surface area contributed by atoms with Gasteiger partial charge in [-0.15, -0.1) is 11.8 Å². The number of sulfone groups is 1. The molecular formula is C18H17F2N3O4S2. The number of rotatable bonds is 6. The Bertz CT molecular complexity index is 1020. The number of hydrogen-bond acceptors (Lipinski definition) is 6. The summed E-state index contributed by atoms with van der Waals surface area (Å²) in [6.45, 7) is -0.124. The largest absolute Gasteiger partial charge is 0.331 e.